The van der Waals surface area contributed by atoms with Gasteiger partial charge in [0.25, 0.3) is 5.91 Å². The number of benzene rings is 2. The van der Waals surface area contributed by atoms with Crippen molar-refractivity contribution >= 4 is 33.4 Å². The zero-order valence-electron chi connectivity index (χ0n) is 19.4. The lowest BCUT2D eigenvalue weighted by atomic mass is 10.0. The van der Waals surface area contributed by atoms with Gasteiger partial charge in [-0.2, -0.15) is 4.98 Å². The molecular formula is C24H26N6O5S. The second kappa shape index (κ2) is 9.99. The lowest BCUT2D eigenvalue weighted by molar-refractivity contribution is 0.0717. The number of primary sulfonamides is 1. The second-order valence-electron chi connectivity index (χ2n) is 8.53. The molecule has 1 fully saturated rings. The van der Waals surface area contributed by atoms with E-state index in [1.807, 2.05) is 4.90 Å². The SMILES string of the molecule is NS(=O)(=O)c1ccc(Nc2nccc(NC3CCN(C(=O)c4ccc5c(c4)OCCO5)CC3)n2)cc1. The average Bonchev–Trinajstić information content (AvgIpc) is 2.88. The van der Waals surface area contributed by atoms with Gasteiger partial charge in [0.1, 0.15) is 19.0 Å². The number of nitrogens with two attached hydrogens (primary N) is 1. The van der Waals surface area contributed by atoms with E-state index >= 15 is 0 Å². The maximum atomic E-state index is 13.0. The Balaban J connectivity index is 1.16. The summed E-state index contributed by atoms with van der Waals surface area (Å²) in [5, 5.41) is 11.6. The molecule has 2 aliphatic rings. The van der Waals surface area contributed by atoms with Gasteiger partial charge in [-0.3, -0.25) is 4.79 Å². The Bertz CT molecular complexity index is 1360. The number of amides is 1. The number of sulfonamides is 1. The van der Waals surface area contributed by atoms with Gasteiger partial charge in [0.15, 0.2) is 11.5 Å². The lowest BCUT2D eigenvalue weighted by Gasteiger charge is -2.33. The zero-order chi connectivity index (χ0) is 25.1. The van der Waals surface area contributed by atoms with Crippen molar-refractivity contribution in [1.29, 1.82) is 0 Å². The van der Waals surface area contributed by atoms with Crippen LogP contribution in [-0.2, 0) is 10.0 Å². The van der Waals surface area contributed by atoms with E-state index in [1.54, 1.807) is 42.6 Å². The number of nitrogens with zero attached hydrogens (tertiary/aromatic N) is 3. The van der Waals surface area contributed by atoms with Crippen LogP contribution in [-0.4, -0.2) is 61.5 Å². The maximum absolute atomic E-state index is 13.0. The smallest absolute Gasteiger partial charge is 0.253 e. The molecule has 0 aliphatic carbocycles. The average molecular weight is 511 g/mol. The first-order valence-electron chi connectivity index (χ1n) is 11.5. The van der Waals surface area contributed by atoms with Crippen LogP contribution in [0.5, 0.6) is 11.5 Å². The normalized spacial score (nSPS) is 15.9. The van der Waals surface area contributed by atoms with Crippen LogP contribution in [0.2, 0.25) is 0 Å². The van der Waals surface area contributed by atoms with Crippen molar-refractivity contribution in [2.24, 2.45) is 5.14 Å². The first kappa shape index (κ1) is 23.8. The van der Waals surface area contributed by atoms with Crippen molar-refractivity contribution in [3.05, 3.63) is 60.3 Å². The Morgan fingerprint density at radius 1 is 1.00 bits per heavy atom. The third-order valence-electron chi connectivity index (χ3n) is 6.02. The maximum Gasteiger partial charge on any atom is 0.253 e. The van der Waals surface area contributed by atoms with Crippen LogP contribution < -0.4 is 25.2 Å². The Labute approximate surface area is 208 Å². The molecule has 36 heavy (non-hydrogen) atoms. The van der Waals surface area contributed by atoms with Gasteiger partial charge in [-0.05, 0) is 61.4 Å². The molecule has 1 amide bonds. The van der Waals surface area contributed by atoms with E-state index in [9.17, 15) is 13.2 Å². The molecule has 0 atom stereocenters. The van der Waals surface area contributed by atoms with Crippen molar-refractivity contribution in [1.82, 2.24) is 14.9 Å². The third kappa shape index (κ3) is 5.50. The molecule has 1 saturated heterocycles. The van der Waals surface area contributed by atoms with Crippen LogP contribution in [0, 0.1) is 0 Å². The number of likely N-dealkylation sites (tertiary alicyclic amines) is 1. The molecule has 2 aliphatic heterocycles. The summed E-state index contributed by atoms with van der Waals surface area (Å²) in [5.41, 5.74) is 1.22. The van der Waals surface area contributed by atoms with E-state index in [-0.39, 0.29) is 16.8 Å². The molecule has 5 rings (SSSR count). The Hall–Kier alpha value is -3.90. The minimum absolute atomic E-state index is 0.0209. The van der Waals surface area contributed by atoms with Crippen molar-refractivity contribution in [2.45, 2.75) is 23.8 Å². The number of rotatable bonds is 6. The van der Waals surface area contributed by atoms with Crippen LogP contribution >= 0.6 is 0 Å². The predicted octanol–water partition coefficient (Wildman–Crippen LogP) is 2.36. The highest BCUT2D eigenvalue weighted by Gasteiger charge is 2.25. The summed E-state index contributed by atoms with van der Waals surface area (Å²) >= 11 is 0. The molecule has 0 spiro atoms. The summed E-state index contributed by atoms with van der Waals surface area (Å²) < 4.78 is 34.0. The van der Waals surface area contributed by atoms with Gasteiger partial charge >= 0.3 is 0 Å². The lowest BCUT2D eigenvalue weighted by Crippen LogP contribution is -2.42. The quantitative estimate of drug-likeness (QED) is 0.454. The summed E-state index contributed by atoms with van der Waals surface area (Å²) in [6.45, 7) is 2.24. The molecule has 3 heterocycles. The van der Waals surface area contributed by atoms with Crippen molar-refractivity contribution in [3.8, 4) is 11.5 Å². The first-order chi connectivity index (χ1) is 17.3. The molecule has 11 nitrogen and oxygen atoms in total. The number of hydrogen-bond donors (Lipinski definition) is 3. The predicted molar refractivity (Wildman–Crippen MR) is 133 cm³/mol. The van der Waals surface area contributed by atoms with Gasteiger partial charge < -0.3 is 25.0 Å². The van der Waals surface area contributed by atoms with E-state index in [1.165, 1.54) is 12.1 Å². The molecule has 0 saturated carbocycles. The van der Waals surface area contributed by atoms with Crippen molar-refractivity contribution in [2.75, 3.05) is 36.9 Å². The van der Waals surface area contributed by atoms with Crippen LogP contribution in [0.15, 0.2) is 59.6 Å². The van der Waals surface area contributed by atoms with Gasteiger partial charge in [0.2, 0.25) is 16.0 Å². The van der Waals surface area contributed by atoms with Crippen LogP contribution in [0.25, 0.3) is 0 Å². The summed E-state index contributed by atoms with van der Waals surface area (Å²) in [7, 11) is -3.75. The topological polar surface area (TPSA) is 149 Å². The van der Waals surface area contributed by atoms with Gasteiger partial charge in [-0.15, -0.1) is 0 Å². The summed E-state index contributed by atoms with van der Waals surface area (Å²) in [6, 6.07) is 13.3. The van der Waals surface area contributed by atoms with E-state index in [0.29, 0.717) is 60.8 Å². The number of fused-ring (bicyclic) bond motifs is 1. The van der Waals surface area contributed by atoms with E-state index < -0.39 is 10.0 Å². The number of carbonyl (C=O) groups is 1. The monoisotopic (exact) mass is 510 g/mol. The molecule has 4 N–H and O–H groups in total. The van der Waals surface area contributed by atoms with Gasteiger partial charge in [0, 0.05) is 36.6 Å². The highest BCUT2D eigenvalue weighted by molar-refractivity contribution is 7.89. The number of hydrogen-bond acceptors (Lipinski definition) is 9. The van der Waals surface area contributed by atoms with Gasteiger partial charge in [0.05, 0.1) is 4.90 Å². The fourth-order valence-electron chi connectivity index (χ4n) is 4.15. The van der Waals surface area contributed by atoms with Crippen LogP contribution in [0.1, 0.15) is 23.2 Å². The minimum Gasteiger partial charge on any atom is -0.486 e. The number of aromatic nitrogens is 2. The zero-order valence-corrected chi connectivity index (χ0v) is 20.2. The molecule has 2 aromatic carbocycles. The number of nitrogens with one attached hydrogen (secondary N) is 2. The standard InChI is InChI=1S/C24H26N6O5S/c25-36(32,33)19-4-2-17(3-5-19)28-24-26-10-7-22(29-24)27-18-8-11-30(12-9-18)23(31)16-1-6-20-21(15-16)35-14-13-34-20/h1-7,10,15,18H,8-9,11-14H2,(H2,25,32,33)(H2,26,27,28,29). The van der Waals surface area contributed by atoms with Crippen LogP contribution in [0.4, 0.5) is 17.5 Å². The molecule has 12 heteroatoms. The molecular weight excluding hydrogens is 484 g/mol. The number of piperidine rings is 1. The number of ether oxygens (including phenoxy) is 2. The fourth-order valence-corrected chi connectivity index (χ4v) is 4.67. The first-order valence-corrected chi connectivity index (χ1v) is 13.1. The van der Waals surface area contributed by atoms with Gasteiger partial charge in [-0.25, -0.2) is 18.5 Å². The van der Waals surface area contributed by atoms with E-state index in [0.717, 1.165) is 12.8 Å². The molecule has 188 valence electrons. The number of anilines is 3. The Morgan fingerprint density at radius 3 is 2.44 bits per heavy atom. The molecule has 0 unspecified atom stereocenters. The molecule has 3 aromatic rings. The third-order valence-corrected chi connectivity index (χ3v) is 6.95. The molecule has 0 radical (unpaired) electrons. The van der Waals surface area contributed by atoms with E-state index in [4.69, 9.17) is 14.6 Å². The van der Waals surface area contributed by atoms with Crippen LogP contribution in [0.3, 0.4) is 0 Å². The second-order valence-corrected chi connectivity index (χ2v) is 10.1. The fraction of sp³-hybridized carbons (Fsp3) is 0.292. The van der Waals surface area contributed by atoms with Gasteiger partial charge in [-0.1, -0.05) is 0 Å². The van der Waals surface area contributed by atoms with Crippen molar-refractivity contribution < 1.29 is 22.7 Å². The largest absolute Gasteiger partial charge is 0.486 e. The molecule has 0 bridgehead atoms. The highest BCUT2D eigenvalue weighted by atomic mass is 32.2. The molecule has 1 aromatic heterocycles. The summed E-state index contributed by atoms with van der Waals surface area (Å²) in [5.74, 6) is 2.28. The summed E-state index contributed by atoms with van der Waals surface area (Å²) in [4.78, 5) is 23.6. The summed E-state index contributed by atoms with van der Waals surface area (Å²) in [6.07, 6.45) is 3.19. The Kier molecular flexibility index (Phi) is 6.61. The van der Waals surface area contributed by atoms with E-state index in [2.05, 4.69) is 20.6 Å². The number of carbonyl (C=O) groups excluding carboxylic acids is 1. The minimum atomic E-state index is -3.75. The highest BCUT2D eigenvalue weighted by Crippen LogP contribution is 2.31. The van der Waals surface area contributed by atoms with Crippen molar-refractivity contribution in [3.63, 3.8) is 0 Å². The Morgan fingerprint density at radius 2 is 1.72 bits per heavy atom.